The summed E-state index contributed by atoms with van der Waals surface area (Å²) in [7, 11) is 2.02. The molecule has 2 heterocycles. The summed E-state index contributed by atoms with van der Waals surface area (Å²) in [5.41, 5.74) is 9.84. The fourth-order valence-electron chi connectivity index (χ4n) is 4.82. The highest BCUT2D eigenvalue weighted by Crippen LogP contribution is 2.33. The highest BCUT2D eigenvalue weighted by atomic mass is 35.5. The number of pyridine rings is 1. The molecule has 1 aliphatic carbocycles. The van der Waals surface area contributed by atoms with Crippen LogP contribution in [0.5, 0.6) is 5.75 Å². The standard InChI is InChI=1S/C27H34N4O2S.2ClH/c1-4-33-24-13-7-19(23-12-14-26(28)30-18(23)2)16-20(24)17-31(27(32)25-6-5-15-34-25)22-10-8-21(29-3)9-11-22;;/h5-7,12-16,21-22,29H,4,8-11,17H2,1-3H3,(H2,28,30);2*1H. The van der Waals surface area contributed by atoms with E-state index < -0.39 is 0 Å². The van der Waals surface area contributed by atoms with Crippen LogP contribution in [0, 0.1) is 6.92 Å². The summed E-state index contributed by atoms with van der Waals surface area (Å²) in [6.07, 6.45) is 4.13. The number of benzene rings is 1. The summed E-state index contributed by atoms with van der Waals surface area (Å²) in [5, 5.41) is 5.36. The Kier molecular flexibility index (Phi) is 11.5. The second-order valence-corrected chi connectivity index (χ2v) is 9.78. The van der Waals surface area contributed by atoms with Crippen LogP contribution in [-0.2, 0) is 6.54 Å². The van der Waals surface area contributed by atoms with Gasteiger partial charge in [-0.05, 0) is 87.9 Å². The Labute approximate surface area is 230 Å². The molecule has 9 heteroatoms. The minimum atomic E-state index is 0. The Balaban J connectivity index is 0.00000228. The molecule has 3 N–H and O–H groups in total. The molecule has 0 unspecified atom stereocenters. The zero-order chi connectivity index (χ0) is 24.1. The number of ether oxygens (including phenoxy) is 1. The van der Waals surface area contributed by atoms with E-state index in [0.717, 1.165) is 58.7 Å². The first-order valence-corrected chi connectivity index (χ1v) is 12.9. The maximum Gasteiger partial charge on any atom is 0.264 e. The Morgan fingerprint density at radius 3 is 2.53 bits per heavy atom. The van der Waals surface area contributed by atoms with E-state index in [1.54, 1.807) is 0 Å². The van der Waals surface area contributed by atoms with Crippen molar-refractivity contribution in [2.75, 3.05) is 19.4 Å². The Bertz CT molecular complexity index is 1120. The van der Waals surface area contributed by atoms with Crippen molar-refractivity contribution in [1.29, 1.82) is 0 Å². The number of nitrogens with zero attached hydrogens (tertiary/aromatic N) is 2. The molecule has 1 aromatic carbocycles. The molecular weight excluding hydrogens is 515 g/mol. The quantitative estimate of drug-likeness (QED) is 0.353. The summed E-state index contributed by atoms with van der Waals surface area (Å²) in [4.78, 5) is 20.9. The van der Waals surface area contributed by atoms with Gasteiger partial charge in [0.2, 0.25) is 0 Å². The Hall–Kier alpha value is -2.32. The van der Waals surface area contributed by atoms with Crippen LogP contribution < -0.4 is 15.8 Å². The predicted molar refractivity (Wildman–Crippen MR) is 154 cm³/mol. The van der Waals surface area contributed by atoms with Crippen molar-refractivity contribution in [2.24, 2.45) is 0 Å². The van der Waals surface area contributed by atoms with Crippen LogP contribution in [0.15, 0.2) is 47.8 Å². The van der Waals surface area contributed by atoms with Gasteiger partial charge in [-0.15, -0.1) is 36.2 Å². The van der Waals surface area contributed by atoms with E-state index >= 15 is 0 Å². The van der Waals surface area contributed by atoms with Crippen molar-refractivity contribution >= 4 is 47.9 Å². The number of rotatable bonds is 8. The summed E-state index contributed by atoms with van der Waals surface area (Å²) in [6.45, 7) is 5.03. The van der Waals surface area contributed by atoms with Gasteiger partial charge in [-0.25, -0.2) is 4.98 Å². The number of aryl methyl sites for hydroxylation is 1. The van der Waals surface area contributed by atoms with Crippen LogP contribution in [0.2, 0.25) is 0 Å². The average Bonchev–Trinajstić information content (AvgIpc) is 3.38. The molecule has 2 aromatic heterocycles. The molecular formula is C27H36Cl2N4O2S. The fourth-order valence-corrected chi connectivity index (χ4v) is 5.50. The van der Waals surface area contributed by atoms with E-state index in [-0.39, 0.29) is 36.8 Å². The molecule has 36 heavy (non-hydrogen) atoms. The van der Waals surface area contributed by atoms with Gasteiger partial charge in [-0.1, -0.05) is 12.1 Å². The van der Waals surface area contributed by atoms with E-state index in [2.05, 4.69) is 27.3 Å². The second-order valence-electron chi connectivity index (χ2n) is 8.83. The van der Waals surface area contributed by atoms with Crippen molar-refractivity contribution < 1.29 is 9.53 Å². The number of thiophene rings is 1. The number of hydrogen-bond donors (Lipinski definition) is 2. The van der Waals surface area contributed by atoms with Crippen molar-refractivity contribution in [1.82, 2.24) is 15.2 Å². The Morgan fingerprint density at radius 2 is 1.92 bits per heavy atom. The third-order valence-corrected chi connectivity index (χ3v) is 7.52. The molecule has 0 spiro atoms. The topological polar surface area (TPSA) is 80.5 Å². The predicted octanol–water partition coefficient (Wildman–Crippen LogP) is 6.12. The molecule has 196 valence electrons. The minimum absolute atomic E-state index is 0. The molecule has 0 bridgehead atoms. The first kappa shape index (κ1) is 29.9. The molecule has 1 amide bonds. The number of hydrogen-bond acceptors (Lipinski definition) is 6. The first-order valence-electron chi connectivity index (χ1n) is 12.0. The fraction of sp³-hybridized carbons (Fsp3) is 0.407. The summed E-state index contributed by atoms with van der Waals surface area (Å²) >= 11 is 1.50. The molecule has 0 radical (unpaired) electrons. The van der Waals surface area contributed by atoms with Gasteiger partial charge in [0, 0.05) is 35.4 Å². The molecule has 1 fully saturated rings. The third-order valence-electron chi connectivity index (χ3n) is 6.66. The number of amides is 1. The van der Waals surface area contributed by atoms with Gasteiger partial charge in [-0.2, -0.15) is 0 Å². The zero-order valence-electron chi connectivity index (χ0n) is 21.0. The van der Waals surface area contributed by atoms with Crippen LogP contribution in [0.4, 0.5) is 5.82 Å². The summed E-state index contributed by atoms with van der Waals surface area (Å²) in [5.74, 6) is 1.43. The van der Waals surface area contributed by atoms with Crippen molar-refractivity contribution in [3.05, 3.63) is 64.0 Å². The smallest absolute Gasteiger partial charge is 0.264 e. The van der Waals surface area contributed by atoms with E-state index in [1.165, 1.54) is 11.3 Å². The lowest BCUT2D eigenvalue weighted by molar-refractivity contribution is 0.0604. The monoisotopic (exact) mass is 550 g/mol. The van der Waals surface area contributed by atoms with E-state index in [1.807, 2.05) is 56.6 Å². The summed E-state index contributed by atoms with van der Waals surface area (Å²) in [6, 6.07) is 14.6. The SMILES string of the molecule is CCOc1ccc(-c2ccc(N)nc2C)cc1CN(C(=O)c1cccs1)C1CCC(NC)CC1.Cl.Cl. The molecule has 3 aromatic rings. The average molecular weight is 552 g/mol. The van der Waals surface area contributed by atoms with Crippen LogP contribution in [0.1, 0.15) is 53.5 Å². The van der Waals surface area contributed by atoms with Gasteiger partial charge >= 0.3 is 0 Å². The lowest BCUT2D eigenvalue weighted by Gasteiger charge is -2.37. The van der Waals surface area contributed by atoms with Gasteiger partial charge in [0.25, 0.3) is 5.91 Å². The van der Waals surface area contributed by atoms with Crippen LogP contribution in [0.3, 0.4) is 0 Å². The number of halogens is 2. The molecule has 6 nitrogen and oxygen atoms in total. The highest BCUT2D eigenvalue weighted by molar-refractivity contribution is 7.12. The molecule has 0 saturated heterocycles. The second kappa shape index (κ2) is 13.8. The van der Waals surface area contributed by atoms with E-state index in [9.17, 15) is 4.79 Å². The maximum atomic E-state index is 13.6. The zero-order valence-corrected chi connectivity index (χ0v) is 23.5. The number of anilines is 1. The van der Waals surface area contributed by atoms with Crippen LogP contribution in [-0.4, -0.2) is 41.5 Å². The largest absolute Gasteiger partial charge is 0.494 e. The van der Waals surface area contributed by atoms with Crippen LogP contribution >= 0.6 is 36.2 Å². The number of carbonyl (C=O) groups excluding carboxylic acids is 1. The van der Waals surface area contributed by atoms with Crippen molar-refractivity contribution in [3.8, 4) is 16.9 Å². The van der Waals surface area contributed by atoms with Gasteiger partial charge < -0.3 is 20.7 Å². The van der Waals surface area contributed by atoms with Crippen molar-refractivity contribution in [2.45, 2.75) is 58.2 Å². The lowest BCUT2D eigenvalue weighted by atomic mass is 9.89. The molecule has 1 aliphatic rings. The minimum Gasteiger partial charge on any atom is -0.494 e. The van der Waals surface area contributed by atoms with Gasteiger partial charge in [0.05, 0.1) is 11.5 Å². The molecule has 4 rings (SSSR count). The first-order chi connectivity index (χ1) is 16.5. The third kappa shape index (κ3) is 6.91. The molecule has 0 atom stereocenters. The number of nitrogens with one attached hydrogen (secondary N) is 1. The van der Waals surface area contributed by atoms with Crippen molar-refractivity contribution in [3.63, 3.8) is 0 Å². The van der Waals surface area contributed by atoms with Gasteiger partial charge in [0.1, 0.15) is 11.6 Å². The summed E-state index contributed by atoms with van der Waals surface area (Å²) < 4.78 is 5.99. The maximum absolute atomic E-state index is 13.6. The molecule has 0 aliphatic heterocycles. The number of nitrogens with two attached hydrogens (primary N) is 1. The highest BCUT2D eigenvalue weighted by Gasteiger charge is 2.30. The van der Waals surface area contributed by atoms with Gasteiger partial charge in [-0.3, -0.25) is 4.79 Å². The van der Waals surface area contributed by atoms with E-state index in [4.69, 9.17) is 10.5 Å². The van der Waals surface area contributed by atoms with E-state index in [0.29, 0.717) is 25.0 Å². The molecule has 1 saturated carbocycles. The number of carbonyl (C=O) groups is 1. The van der Waals surface area contributed by atoms with Crippen LogP contribution in [0.25, 0.3) is 11.1 Å². The number of aromatic nitrogens is 1. The normalized spacial score (nSPS) is 17.0. The number of nitrogen functional groups attached to an aromatic ring is 1. The Morgan fingerprint density at radius 1 is 1.17 bits per heavy atom. The lowest BCUT2D eigenvalue weighted by Crippen LogP contribution is -2.44. The van der Waals surface area contributed by atoms with Gasteiger partial charge in [0.15, 0.2) is 0 Å².